The molecule has 0 saturated carbocycles. The van der Waals surface area contributed by atoms with Gasteiger partial charge in [-0.25, -0.2) is 9.13 Å². The molecular weight excluding hydrogens is 282 g/mol. The lowest BCUT2D eigenvalue weighted by atomic mass is 10.2. The predicted octanol–water partition coefficient (Wildman–Crippen LogP) is -1.32. The maximum absolute atomic E-state index is 10.5. The van der Waals surface area contributed by atoms with Gasteiger partial charge >= 0.3 is 15.6 Å². The van der Waals surface area contributed by atoms with Gasteiger partial charge in [0.05, 0.1) is 12.7 Å². The van der Waals surface area contributed by atoms with Crippen LogP contribution in [0.3, 0.4) is 0 Å². The number of aliphatic hydroxyl groups is 1. The quantitative estimate of drug-likeness (QED) is 0.384. The van der Waals surface area contributed by atoms with Crippen LogP contribution in [0.4, 0.5) is 0 Å². The van der Waals surface area contributed by atoms with E-state index in [0.29, 0.717) is 0 Å². The van der Waals surface area contributed by atoms with Crippen molar-refractivity contribution in [1.29, 1.82) is 0 Å². The van der Waals surface area contributed by atoms with E-state index in [1.165, 1.54) is 0 Å². The van der Waals surface area contributed by atoms with Crippen molar-refractivity contribution in [2.24, 2.45) is 0 Å². The first-order chi connectivity index (χ1) is 7.57. The second-order valence-electron chi connectivity index (χ2n) is 3.29. The van der Waals surface area contributed by atoms with E-state index >= 15 is 0 Å². The van der Waals surface area contributed by atoms with Crippen LogP contribution in [0.1, 0.15) is 6.42 Å². The van der Waals surface area contributed by atoms with Crippen molar-refractivity contribution in [3.63, 3.8) is 0 Å². The van der Waals surface area contributed by atoms with Crippen molar-refractivity contribution in [2.75, 3.05) is 6.61 Å². The fraction of sp³-hybridized carbons (Fsp3) is 1.00. The summed E-state index contributed by atoms with van der Waals surface area (Å²) in [4.78, 5) is 33.8. The lowest BCUT2D eigenvalue weighted by Crippen LogP contribution is -2.26. The zero-order valence-electron chi connectivity index (χ0n) is 8.32. The van der Waals surface area contributed by atoms with Gasteiger partial charge in [0.15, 0.2) is 6.29 Å². The molecule has 0 unspecified atom stereocenters. The standard InChI is InChI=1S/C5H12O10P2/c6-3-1-5(15-17(10,11)12)14-4(3)2-13-16(7,8)9/h3-6H,1-2H2,(H2,7,8,9)(H2,10,11,12)/t3-,4+,5+/m0/s1. The second-order valence-corrected chi connectivity index (χ2v) is 5.72. The maximum Gasteiger partial charge on any atom is 0.471 e. The first-order valence-electron chi connectivity index (χ1n) is 4.34. The lowest BCUT2D eigenvalue weighted by molar-refractivity contribution is -0.101. The summed E-state index contributed by atoms with van der Waals surface area (Å²) in [7, 11) is -9.44. The highest BCUT2D eigenvalue weighted by atomic mass is 31.2. The SMILES string of the molecule is O=P(O)(O)OC[C@H]1O[C@H](OP(=O)(O)O)C[C@@H]1O. The summed E-state index contributed by atoms with van der Waals surface area (Å²) < 4.78 is 33.9. The third-order valence-electron chi connectivity index (χ3n) is 1.85. The van der Waals surface area contributed by atoms with Gasteiger partial charge in [0, 0.05) is 6.42 Å². The van der Waals surface area contributed by atoms with Crippen molar-refractivity contribution in [3.8, 4) is 0 Å². The Balaban J connectivity index is 2.45. The van der Waals surface area contributed by atoms with Crippen molar-refractivity contribution in [2.45, 2.75) is 24.9 Å². The van der Waals surface area contributed by atoms with Crippen LogP contribution in [-0.2, 0) is 22.9 Å². The molecule has 5 N–H and O–H groups in total. The fourth-order valence-corrected chi connectivity index (χ4v) is 2.02. The molecule has 1 fully saturated rings. The molecule has 0 aromatic heterocycles. The molecule has 0 aromatic carbocycles. The monoisotopic (exact) mass is 294 g/mol. The van der Waals surface area contributed by atoms with Crippen LogP contribution in [0.15, 0.2) is 0 Å². The van der Waals surface area contributed by atoms with E-state index < -0.39 is 40.8 Å². The zero-order valence-corrected chi connectivity index (χ0v) is 10.1. The molecule has 0 bridgehead atoms. The smallest absolute Gasteiger partial charge is 0.390 e. The molecule has 0 amide bonds. The molecule has 1 aliphatic heterocycles. The van der Waals surface area contributed by atoms with E-state index in [1.54, 1.807) is 0 Å². The molecule has 3 atom stereocenters. The van der Waals surface area contributed by atoms with Crippen molar-refractivity contribution >= 4 is 15.6 Å². The van der Waals surface area contributed by atoms with Crippen LogP contribution in [-0.4, -0.2) is 49.8 Å². The predicted molar refractivity (Wildman–Crippen MR) is 50.4 cm³/mol. The molecule has 0 aromatic rings. The Bertz CT molecular complexity index is 345. The number of aliphatic hydroxyl groups excluding tert-OH is 1. The second kappa shape index (κ2) is 5.41. The summed E-state index contributed by atoms with van der Waals surface area (Å²) in [6, 6.07) is 0. The van der Waals surface area contributed by atoms with Crippen LogP contribution in [0.25, 0.3) is 0 Å². The average molecular weight is 294 g/mol. The van der Waals surface area contributed by atoms with E-state index in [9.17, 15) is 14.2 Å². The summed E-state index contributed by atoms with van der Waals surface area (Å²) in [5.41, 5.74) is 0. The topological polar surface area (TPSA) is 163 Å². The summed E-state index contributed by atoms with van der Waals surface area (Å²) >= 11 is 0. The molecule has 0 radical (unpaired) electrons. The lowest BCUT2D eigenvalue weighted by Gasteiger charge is -2.15. The minimum Gasteiger partial charge on any atom is -0.390 e. The summed E-state index contributed by atoms with van der Waals surface area (Å²) in [5, 5.41) is 9.36. The molecule has 0 spiro atoms. The number of phosphoric acid groups is 2. The van der Waals surface area contributed by atoms with E-state index in [4.69, 9.17) is 24.3 Å². The van der Waals surface area contributed by atoms with Crippen molar-refractivity contribution in [1.82, 2.24) is 0 Å². The minimum atomic E-state index is -4.75. The van der Waals surface area contributed by atoms with Crippen molar-refractivity contribution < 1.29 is 47.6 Å². The summed E-state index contributed by atoms with van der Waals surface area (Å²) in [6.45, 7) is -0.619. The highest BCUT2D eigenvalue weighted by molar-refractivity contribution is 7.46. The van der Waals surface area contributed by atoms with Gasteiger partial charge in [-0.05, 0) is 0 Å². The number of hydrogen-bond donors (Lipinski definition) is 5. The van der Waals surface area contributed by atoms with Gasteiger partial charge < -0.3 is 29.4 Å². The van der Waals surface area contributed by atoms with Crippen LogP contribution in [0, 0.1) is 0 Å². The zero-order chi connectivity index (χ0) is 13.3. The van der Waals surface area contributed by atoms with E-state index in [2.05, 4.69) is 9.05 Å². The third-order valence-corrected chi connectivity index (χ3v) is 2.85. The molecule has 102 valence electrons. The number of rotatable bonds is 5. The Labute approximate surface area is 95.6 Å². The highest BCUT2D eigenvalue weighted by Gasteiger charge is 2.39. The minimum absolute atomic E-state index is 0.236. The number of phosphoric ester groups is 2. The van der Waals surface area contributed by atoms with Crippen LogP contribution < -0.4 is 0 Å². The molecular formula is C5H12O10P2. The molecule has 10 nitrogen and oxygen atoms in total. The summed E-state index contributed by atoms with van der Waals surface area (Å²) in [5.74, 6) is 0. The number of ether oxygens (including phenoxy) is 1. The third kappa shape index (κ3) is 6.03. The largest absolute Gasteiger partial charge is 0.471 e. The maximum atomic E-state index is 10.5. The van der Waals surface area contributed by atoms with Crippen molar-refractivity contribution in [3.05, 3.63) is 0 Å². The van der Waals surface area contributed by atoms with Gasteiger partial charge in [-0.2, -0.15) is 0 Å². The van der Waals surface area contributed by atoms with Crippen LogP contribution in [0.2, 0.25) is 0 Å². The molecule has 1 aliphatic rings. The Hall–Kier alpha value is 0.140. The van der Waals surface area contributed by atoms with E-state index in [-0.39, 0.29) is 6.42 Å². The van der Waals surface area contributed by atoms with Gasteiger partial charge in [-0.3, -0.25) is 9.05 Å². The number of hydrogen-bond acceptors (Lipinski definition) is 6. The molecule has 1 saturated heterocycles. The molecule has 1 rings (SSSR count). The molecule has 1 heterocycles. The first kappa shape index (κ1) is 15.2. The highest BCUT2D eigenvalue weighted by Crippen LogP contribution is 2.42. The Morgan fingerprint density at radius 3 is 2.24 bits per heavy atom. The molecule has 0 aliphatic carbocycles. The van der Waals surface area contributed by atoms with Gasteiger partial charge in [0.2, 0.25) is 0 Å². The first-order valence-corrected chi connectivity index (χ1v) is 7.40. The van der Waals surface area contributed by atoms with Crippen LogP contribution in [0.5, 0.6) is 0 Å². The van der Waals surface area contributed by atoms with Gasteiger partial charge in [-0.1, -0.05) is 0 Å². The van der Waals surface area contributed by atoms with E-state index in [1.807, 2.05) is 0 Å². The molecule has 12 heteroatoms. The fourth-order valence-electron chi connectivity index (χ4n) is 1.23. The Morgan fingerprint density at radius 1 is 1.18 bits per heavy atom. The Kier molecular flexibility index (Phi) is 4.84. The Morgan fingerprint density at radius 2 is 1.76 bits per heavy atom. The van der Waals surface area contributed by atoms with Gasteiger partial charge in [-0.15, -0.1) is 0 Å². The van der Waals surface area contributed by atoms with Gasteiger partial charge in [0.1, 0.15) is 6.10 Å². The average Bonchev–Trinajstić information content (AvgIpc) is 2.38. The van der Waals surface area contributed by atoms with E-state index in [0.717, 1.165) is 0 Å². The normalized spacial score (nSPS) is 30.8. The molecule has 17 heavy (non-hydrogen) atoms. The van der Waals surface area contributed by atoms with Crippen LogP contribution >= 0.6 is 15.6 Å². The van der Waals surface area contributed by atoms with Gasteiger partial charge in [0.25, 0.3) is 0 Å². The summed E-state index contributed by atoms with van der Waals surface area (Å²) in [6.07, 6.45) is -3.91.